The van der Waals surface area contributed by atoms with Gasteiger partial charge in [0.1, 0.15) is 5.82 Å². The highest BCUT2D eigenvalue weighted by Crippen LogP contribution is 2.31. The van der Waals surface area contributed by atoms with Crippen molar-refractivity contribution in [2.45, 2.75) is 26.7 Å². The number of aromatic amines is 1. The molecule has 4 rings (SSSR count). The number of aromatic hydroxyl groups is 1. The second-order valence-electron chi connectivity index (χ2n) is 7.45. The third-order valence-electron chi connectivity index (χ3n) is 5.44. The molecule has 5 heteroatoms. The molecule has 0 aliphatic carbocycles. The lowest BCUT2D eigenvalue weighted by atomic mass is 9.98. The largest absolute Gasteiger partial charge is 0.494 e. The Kier molecular flexibility index (Phi) is 4.60. The van der Waals surface area contributed by atoms with Gasteiger partial charge in [-0.2, -0.15) is 0 Å². The Bertz CT molecular complexity index is 1000. The van der Waals surface area contributed by atoms with E-state index in [4.69, 9.17) is 0 Å². The average molecular weight is 365 g/mol. The van der Waals surface area contributed by atoms with E-state index in [0.29, 0.717) is 16.5 Å². The van der Waals surface area contributed by atoms with Gasteiger partial charge in [0.05, 0.1) is 16.8 Å². The molecule has 0 saturated carbocycles. The van der Waals surface area contributed by atoms with Crippen molar-refractivity contribution in [3.63, 3.8) is 0 Å². The number of aryl methyl sites for hydroxylation is 1. The molecule has 140 valence electrons. The summed E-state index contributed by atoms with van der Waals surface area (Å²) in [4.78, 5) is 9.69. The van der Waals surface area contributed by atoms with E-state index in [1.807, 2.05) is 12.1 Å². The summed E-state index contributed by atoms with van der Waals surface area (Å²) >= 11 is 0. The number of rotatable bonds is 3. The van der Waals surface area contributed by atoms with Crippen LogP contribution in [0.25, 0.3) is 10.9 Å². The molecule has 0 unspecified atom stereocenters. The Labute approximate surface area is 158 Å². The van der Waals surface area contributed by atoms with Crippen molar-refractivity contribution in [2.75, 3.05) is 18.0 Å². The van der Waals surface area contributed by atoms with E-state index >= 15 is 0 Å². The first-order chi connectivity index (χ1) is 13.0. The van der Waals surface area contributed by atoms with E-state index in [9.17, 15) is 9.50 Å². The van der Waals surface area contributed by atoms with Crippen LogP contribution in [-0.4, -0.2) is 29.4 Å². The number of hydrogen-bond acceptors (Lipinski definition) is 3. The molecular formula is C22H24FN3O. The zero-order valence-corrected chi connectivity index (χ0v) is 15.7. The predicted octanol–water partition coefficient (Wildman–Crippen LogP) is 5.31. The van der Waals surface area contributed by atoms with E-state index in [-0.39, 0.29) is 11.7 Å². The van der Waals surface area contributed by atoms with Crippen LogP contribution in [0.1, 0.15) is 30.9 Å². The van der Waals surface area contributed by atoms with E-state index in [1.54, 1.807) is 12.1 Å². The molecule has 2 aromatic carbocycles. The number of aliphatic imine (C=N–C) groups is 1. The first kappa shape index (κ1) is 17.6. The quantitative estimate of drug-likeness (QED) is 0.618. The fraction of sp³-hybridized carbons (Fsp3) is 0.318. The number of fused-ring (bicyclic) bond motifs is 1. The van der Waals surface area contributed by atoms with Crippen LogP contribution >= 0.6 is 0 Å². The molecule has 1 fully saturated rings. The highest BCUT2D eigenvalue weighted by atomic mass is 19.1. The minimum atomic E-state index is -0.378. The Balaban J connectivity index is 1.60. The molecule has 0 atom stereocenters. The van der Waals surface area contributed by atoms with Gasteiger partial charge < -0.3 is 15.0 Å². The lowest BCUT2D eigenvalue weighted by Gasteiger charge is -2.33. The first-order valence-electron chi connectivity index (χ1n) is 9.42. The third kappa shape index (κ3) is 3.42. The maximum absolute atomic E-state index is 14.1. The minimum absolute atomic E-state index is 0.0744. The lowest BCUT2D eigenvalue weighted by molar-refractivity contribution is 0.438. The molecule has 27 heavy (non-hydrogen) atoms. The van der Waals surface area contributed by atoms with E-state index in [1.165, 1.54) is 36.4 Å². The summed E-state index contributed by atoms with van der Waals surface area (Å²) in [6.45, 7) is 6.58. The van der Waals surface area contributed by atoms with Crippen molar-refractivity contribution in [3.05, 3.63) is 53.3 Å². The van der Waals surface area contributed by atoms with Gasteiger partial charge in [0.2, 0.25) is 0 Å². The van der Waals surface area contributed by atoms with Crippen LogP contribution in [0.15, 0.2) is 41.4 Å². The minimum Gasteiger partial charge on any atom is -0.494 e. The molecule has 0 spiro atoms. The molecule has 1 aromatic heterocycles. The third-order valence-corrected chi connectivity index (χ3v) is 5.44. The summed E-state index contributed by atoms with van der Waals surface area (Å²) in [6.07, 6.45) is 3.98. The van der Waals surface area contributed by atoms with Crippen molar-refractivity contribution in [2.24, 2.45) is 10.9 Å². The van der Waals surface area contributed by atoms with Gasteiger partial charge in [0.15, 0.2) is 5.88 Å². The second kappa shape index (κ2) is 7.06. The van der Waals surface area contributed by atoms with Gasteiger partial charge in [0.25, 0.3) is 0 Å². The maximum Gasteiger partial charge on any atom is 0.198 e. The average Bonchev–Trinajstić information content (AvgIpc) is 2.97. The summed E-state index contributed by atoms with van der Waals surface area (Å²) in [5, 5.41) is 10.5. The number of nitrogens with one attached hydrogen (secondary N) is 1. The second-order valence-corrected chi connectivity index (χ2v) is 7.45. The zero-order chi connectivity index (χ0) is 19.0. The van der Waals surface area contributed by atoms with Crippen molar-refractivity contribution < 1.29 is 9.50 Å². The summed E-state index contributed by atoms with van der Waals surface area (Å²) in [5.74, 6) is 0.348. The van der Waals surface area contributed by atoms with Gasteiger partial charge in [-0.3, -0.25) is 4.99 Å². The standard InChI is InChI=1S/C22H24FN3O/c1-14-8-10-26(11-9-14)20-7-6-16(12-15(20)2)24-13-17-21-18(23)4-3-5-19(21)25-22(17)27/h3-7,12-14,25,27H,8-11H2,1-2H3. The van der Waals surface area contributed by atoms with Gasteiger partial charge in [-0.15, -0.1) is 0 Å². The summed E-state index contributed by atoms with van der Waals surface area (Å²) in [7, 11) is 0. The zero-order valence-electron chi connectivity index (χ0n) is 15.7. The van der Waals surface area contributed by atoms with Gasteiger partial charge >= 0.3 is 0 Å². The topological polar surface area (TPSA) is 51.6 Å². The van der Waals surface area contributed by atoms with Crippen LogP contribution in [0.4, 0.5) is 15.8 Å². The number of anilines is 1. The Morgan fingerprint density at radius 2 is 2.00 bits per heavy atom. The molecule has 2 heterocycles. The SMILES string of the molecule is Cc1cc(N=Cc2c(O)[nH]c3cccc(F)c23)ccc1N1CCC(C)CC1. The van der Waals surface area contributed by atoms with Gasteiger partial charge in [-0.1, -0.05) is 13.0 Å². The number of piperidine rings is 1. The van der Waals surface area contributed by atoms with Crippen molar-refractivity contribution in [1.82, 2.24) is 4.98 Å². The molecule has 0 amide bonds. The molecule has 0 bridgehead atoms. The molecule has 3 aromatic rings. The number of aromatic nitrogens is 1. The van der Waals surface area contributed by atoms with Crippen molar-refractivity contribution in [3.8, 4) is 5.88 Å². The number of halogens is 1. The van der Waals surface area contributed by atoms with Crippen LogP contribution in [0.2, 0.25) is 0 Å². The van der Waals surface area contributed by atoms with E-state index in [0.717, 1.165) is 24.7 Å². The van der Waals surface area contributed by atoms with Crippen LogP contribution in [0, 0.1) is 18.7 Å². The fourth-order valence-corrected chi connectivity index (χ4v) is 3.80. The highest BCUT2D eigenvalue weighted by molar-refractivity contribution is 6.02. The smallest absolute Gasteiger partial charge is 0.198 e. The van der Waals surface area contributed by atoms with Gasteiger partial charge in [0, 0.05) is 30.4 Å². The molecule has 0 radical (unpaired) electrons. The van der Waals surface area contributed by atoms with Crippen molar-refractivity contribution >= 4 is 28.5 Å². The number of nitrogens with zero attached hydrogens (tertiary/aromatic N) is 2. The molecule has 2 N–H and O–H groups in total. The monoisotopic (exact) mass is 365 g/mol. The number of H-pyrrole nitrogens is 1. The predicted molar refractivity (Wildman–Crippen MR) is 109 cm³/mol. The number of hydrogen-bond donors (Lipinski definition) is 2. The maximum atomic E-state index is 14.1. The summed E-state index contributed by atoms with van der Waals surface area (Å²) < 4.78 is 14.1. The highest BCUT2D eigenvalue weighted by Gasteiger charge is 2.17. The first-order valence-corrected chi connectivity index (χ1v) is 9.42. The van der Waals surface area contributed by atoms with Crippen molar-refractivity contribution in [1.29, 1.82) is 0 Å². The van der Waals surface area contributed by atoms with Crippen LogP contribution in [0.3, 0.4) is 0 Å². The molecule has 1 saturated heterocycles. The van der Waals surface area contributed by atoms with Gasteiger partial charge in [-0.25, -0.2) is 4.39 Å². The van der Waals surface area contributed by atoms with Crippen LogP contribution in [-0.2, 0) is 0 Å². The fourth-order valence-electron chi connectivity index (χ4n) is 3.80. The summed E-state index contributed by atoms with van der Waals surface area (Å²) in [5.41, 5.74) is 4.14. The Morgan fingerprint density at radius 1 is 1.22 bits per heavy atom. The molecular weight excluding hydrogens is 341 g/mol. The van der Waals surface area contributed by atoms with E-state index in [2.05, 4.69) is 34.8 Å². The molecule has 1 aliphatic rings. The lowest BCUT2D eigenvalue weighted by Crippen LogP contribution is -2.33. The van der Waals surface area contributed by atoms with Crippen LogP contribution < -0.4 is 4.90 Å². The number of benzene rings is 2. The summed E-state index contributed by atoms with van der Waals surface area (Å²) in [6, 6.07) is 10.8. The normalized spacial score (nSPS) is 15.9. The van der Waals surface area contributed by atoms with Crippen LogP contribution in [0.5, 0.6) is 5.88 Å². The Hall–Kier alpha value is -2.82. The van der Waals surface area contributed by atoms with E-state index < -0.39 is 0 Å². The molecule has 4 nitrogen and oxygen atoms in total. The van der Waals surface area contributed by atoms with Gasteiger partial charge in [-0.05, 0) is 61.6 Å². The molecule has 1 aliphatic heterocycles. The Morgan fingerprint density at radius 3 is 2.74 bits per heavy atom.